The molecule has 0 saturated carbocycles. The molecule has 1 atom stereocenters. The molecule has 0 heterocycles. The Morgan fingerprint density at radius 3 is 2.62 bits per heavy atom. The SMILES string of the molecule is CC(CN(C)CCCCCO)C(=O)OCc1ccccc1. The van der Waals surface area contributed by atoms with Crippen molar-refractivity contribution in [3.8, 4) is 0 Å². The lowest BCUT2D eigenvalue weighted by Gasteiger charge is -2.20. The highest BCUT2D eigenvalue weighted by molar-refractivity contribution is 5.72. The molecule has 4 nitrogen and oxygen atoms in total. The molecule has 0 bridgehead atoms. The van der Waals surface area contributed by atoms with Crippen molar-refractivity contribution in [2.24, 2.45) is 5.92 Å². The van der Waals surface area contributed by atoms with Crippen LogP contribution in [0, 0.1) is 5.92 Å². The number of aliphatic hydroxyl groups excluding tert-OH is 1. The number of rotatable bonds is 10. The minimum absolute atomic E-state index is 0.128. The number of unbranched alkanes of at least 4 members (excludes halogenated alkanes) is 2. The van der Waals surface area contributed by atoms with Crippen LogP contribution in [-0.4, -0.2) is 42.7 Å². The molecule has 1 unspecified atom stereocenters. The highest BCUT2D eigenvalue weighted by Crippen LogP contribution is 2.07. The number of ether oxygens (including phenoxy) is 1. The molecule has 0 aromatic heterocycles. The average Bonchev–Trinajstić information content (AvgIpc) is 2.50. The van der Waals surface area contributed by atoms with Crippen molar-refractivity contribution < 1.29 is 14.6 Å². The van der Waals surface area contributed by atoms with E-state index in [1.807, 2.05) is 44.3 Å². The Bertz CT molecular complexity index is 394. The van der Waals surface area contributed by atoms with Crippen molar-refractivity contribution in [1.82, 2.24) is 4.90 Å². The molecule has 0 saturated heterocycles. The van der Waals surface area contributed by atoms with Gasteiger partial charge < -0.3 is 14.7 Å². The van der Waals surface area contributed by atoms with E-state index < -0.39 is 0 Å². The van der Waals surface area contributed by atoms with Crippen molar-refractivity contribution in [3.63, 3.8) is 0 Å². The van der Waals surface area contributed by atoms with Crippen LogP contribution in [0.5, 0.6) is 0 Å². The van der Waals surface area contributed by atoms with Crippen LogP contribution >= 0.6 is 0 Å². The Labute approximate surface area is 127 Å². The van der Waals surface area contributed by atoms with Crippen LogP contribution in [-0.2, 0) is 16.1 Å². The number of benzene rings is 1. The first-order valence-electron chi connectivity index (χ1n) is 7.63. The van der Waals surface area contributed by atoms with E-state index in [1.165, 1.54) is 0 Å². The Balaban J connectivity index is 2.21. The van der Waals surface area contributed by atoms with Gasteiger partial charge in [0.1, 0.15) is 6.61 Å². The molecule has 118 valence electrons. The summed E-state index contributed by atoms with van der Waals surface area (Å²) in [5, 5.41) is 8.73. The number of hydrogen-bond acceptors (Lipinski definition) is 4. The molecule has 0 aliphatic rings. The van der Waals surface area contributed by atoms with Crippen LogP contribution in [0.2, 0.25) is 0 Å². The van der Waals surface area contributed by atoms with E-state index in [2.05, 4.69) is 4.90 Å². The molecule has 0 radical (unpaired) electrons. The monoisotopic (exact) mass is 293 g/mol. The van der Waals surface area contributed by atoms with Gasteiger partial charge in [0, 0.05) is 13.2 Å². The third-order valence-electron chi connectivity index (χ3n) is 3.41. The van der Waals surface area contributed by atoms with E-state index in [0.29, 0.717) is 13.2 Å². The average molecular weight is 293 g/mol. The summed E-state index contributed by atoms with van der Waals surface area (Å²) in [6.45, 7) is 4.14. The molecule has 0 amide bonds. The predicted molar refractivity (Wildman–Crippen MR) is 83.8 cm³/mol. The fraction of sp³-hybridized carbons (Fsp3) is 0.588. The molecular weight excluding hydrogens is 266 g/mol. The van der Waals surface area contributed by atoms with Gasteiger partial charge in [-0.2, -0.15) is 0 Å². The van der Waals surface area contributed by atoms with E-state index in [0.717, 1.165) is 31.4 Å². The van der Waals surface area contributed by atoms with Gasteiger partial charge in [-0.05, 0) is 38.4 Å². The van der Waals surface area contributed by atoms with Gasteiger partial charge in [0.05, 0.1) is 5.92 Å². The molecule has 1 aromatic rings. The quantitative estimate of drug-likeness (QED) is 0.532. The summed E-state index contributed by atoms with van der Waals surface area (Å²) in [5.41, 5.74) is 1.01. The summed E-state index contributed by atoms with van der Waals surface area (Å²) in [7, 11) is 2.01. The molecule has 21 heavy (non-hydrogen) atoms. The van der Waals surface area contributed by atoms with Gasteiger partial charge in [0.15, 0.2) is 0 Å². The lowest BCUT2D eigenvalue weighted by atomic mass is 10.1. The van der Waals surface area contributed by atoms with Crippen molar-refractivity contribution in [2.45, 2.75) is 32.8 Å². The van der Waals surface area contributed by atoms with Gasteiger partial charge in [-0.1, -0.05) is 37.3 Å². The van der Waals surface area contributed by atoms with Gasteiger partial charge in [-0.3, -0.25) is 4.79 Å². The molecule has 1 N–H and O–H groups in total. The molecule has 0 aliphatic carbocycles. The summed E-state index contributed by atoms with van der Waals surface area (Å²) in [6.07, 6.45) is 2.92. The van der Waals surface area contributed by atoms with Crippen molar-refractivity contribution >= 4 is 5.97 Å². The number of aliphatic hydroxyl groups is 1. The summed E-state index contributed by atoms with van der Waals surface area (Å²) in [5.74, 6) is -0.280. The highest BCUT2D eigenvalue weighted by Gasteiger charge is 2.16. The third-order valence-corrected chi connectivity index (χ3v) is 3.41. The fourth-order valence-corrected chi connectivity index (χ4v) is 2.17. The smallest absolute Gasteiger partial charge is 0.310 e. The number of esters is 1. The lowest BCUT2D eigenvalue weighted by molar-refractivity contribution is -0.149. The van der Waals surface area contributed by atoms with Crippen molar-refractivity contribution in [2.75, 3.05) is 26.7 Å². The second-order valence-corrected chi connectivity index (χ2v) is 5.54. The summed E-state index contributed by atoms with van der Waals surface area (Å²) >= 11 is 0. The minimum Gasteiger partial charge on any atom is -0.461 e. The number of nitrogens with zero attached hydrogens (tertiary/aromatic N) is 1. The van der Waals surface area contributed by atoms with E-state index in [1.54, 1.807) is 0 Å². The Morgan fingerprint density at radius 1 is 1.24 bits per heavy atom. The largest absolute Gasteiger partial charge is 0.461 e. The normalized spacial score (nSPS) is 12.4. The van der Waals surface area contributed by atoms with Gasteiger partial charge in [0.2, 0.25) is 0 Å². The summed E-state index contributed by atoms with van der Waals surface area (Å²) < 4.78 is 5.34. The molecule has 0 aliphatic heterocycles. The fourth-order valence-electron chi connectivity index (χ4n) is 2.17. The van der Waals surface area contributed by atoms with Crippen molar-refractivity contribution in [3.05, 3.63) is 35.9 Å². The zero-order valence-electron chi connectivity index (χ0n) is 13.1. The predicted octanol–water partition coefficient (Wildman–Crippen LogP) is 2.46. The first-order valence-corrected chi connectivity index (χ1v) is 7.63. The van der Waals surface area contributed by atoms with E-state index in [-0.39, 0.29) is 18.5 Å². The van der Waals surface area contributed by atoms with Gasteiger partial charge in [-0.15, -0.1) is 0 Å². The molecule has 0 spiro atoms. The first kappa shape index (κ1) is 17.7. The van der Waals surface area contributed by atoms with E-state index >= 15 is 0 Å². The minimum atomic E-state index is -0.152. The van der Waals surface area contributed by atoms with E-state index in [4.69, 9.17) is 9.84 Å². The van der Waals surface area contributed by atoms with Gasteiger partial charge >= 0.3 is 5.97 Å². The zero-order chi connectivity index (χ0) is 15.5. The molecule has 1 aromatic carbocycles. The van der Waals surface area contributed by atoms with Gasteiger partial charge in [0.25, 0.3) is 0 Å². The highest BCUT2D eigenvalue weighted by atomic mass is 16.5. The number of carbonyl (C=O) groups excluding carboxylic acids is 1. The maximum Gasteiger partial charge on any atom is 0.310 e. The maximum absolute atomic E-state index is 11.9. The molecular formula is C17H27NO3. The molecule has 1 rings (SSSR count). The lowest BCUT2D eigenvalue weighted by Crippen LogP contribution is -2.30. The summed E-state index contributed by atoms with van der Waals surface area (Å²) in [4.78, 5) is 14.1. The maximum atomic E-state index is 11.9. The second kappa shape index (κ2) is 10.4. The topological polar surface area (TPSA) is 49.8 Å². The van der Waals surface area contributed by atoms with Crippen LogP contribution < -0.4 is 0 Å². The Hall–Kier alpha value is -1.39. The van der Waals surface area contributed by atoms with Crippen LogP contribution in [0.3, 0.4) is 0 Å². The molecule has 0 fully saturated rings. The van der Waals surface area contributed by atoms with Crippen LogP contribution in [0.15, 0.2) is 30.3 Å². The van der Waals surface area contributed by atoms with Crippen LogP contribution in [0.25, 0.3) is 0 Å². The Kier molecular flexibility index (Phi) is 8.71. The number of carbonyl (C=O) groups is 1. The third kappa shape index (κ3) is 7.83. The second-order valence-electron chi connectivity index (χ2n) is 5.54. The molecule has 4 heteroatoms. The standard InChI is InChI=1S/C17H27NO3/c1-15(13-18(2)11-7-4-8-12-19)17(20)21-14-16-9-5-3-6-10-16/h3,5-6,9-10,15,19H,4,7-8,11-14H2,1-2H3. The van der Waals surface area contributed by atoms with Gasteiger partial charge in [-0.25, -0.2) is 0 Å². The van der Waals surface area contributed by atoms with Crippen LogP contribution in [0.4, 0.5) is 0 Å². The Morgan fingerprint density at radius 2 is 1.95 bits per heavy atom. The summed E-state index contributed by atoms with van der Waals surface area (Å²) in [6, 6.07) is 9.72. The van der Waals surface area contributed by atoms with Crippen molar-refractivity contribution in [1.29, 1.82) is 0 Å². The number of hydrogen-bond donors (Lipinski definition) is 1. The van der Waals surface area contributed by atoms with Crippen LogP contribution in [0.1, 0.15) is 31.7 Å². The zero-order valence-corrected chi connectivity index (χ0v) is 13.1. The first-order chi connectivity index (χ1) is 10.1. The van der Waals surface area contributed by atoms with E-state index in [9.17, 15) is 4.79 Å².